The first-order valence-electron chi connectivity index (χ1n) is 12.4. The minimum atomic E-state index is -0.496. The maximum absolute atomic E-state index is 13.4. The van der Waals surface area contributed by atoms with E-state index in [2.05, 4.69) is 10.3 Å². The molecule has 8 nitrogen and oxygen atoms in total. The molecule has 1 aromatic heterocycles. The lowest BCUT2D eigenvalue weighted by Gasteiger charge is -2.58. The number of ether oxygens (including phenoxy) is 1. The predicted molar refractivity (Wildman–Crippen MR) is 117 cm³/mol. The van der Waals surface area contributed by atoms with E-state index in [4.69, 9.17) is 9.72 Å². The normalized spacial score (nSPS) is 38.6. The topological polar surface area (TPSA) is 108 Å². The molecule has 7 rings (SSSR count). The van der Waals surface area contributed by atoms with Crippen LogP contribution in [-0.2, 0) is 4.74 Å². The molecule has 6 fully saturated rings. The molecule has 4 bridgehead atoms. The largest absolute Gasteiger partial charge is 0.394 e. The van der Waals surface area contributed by atoms with Gasteiger partial charge in [0.25, 0.3) is 5.91 Å². The Labute approximate surface area is 188 Å². The molecule has 1 amide bonds. The van der Waals surface area contributed by atoms with E-state index in [1.165, 1.54) is 6.42 Å². The molecule has 1 aliphatic heterocycles. The fourth-order valence-electron chi connectivity index (χ4n) is 7.16. The maximum atomic E-state index is 13.4. The first-order valence-corrected chi connectivity index (χ1v) is 12.4. The number of hydrogen-bond donors (Lipinski definition) is 3. The molecule has 0 spiro atoms. The third-order valence-corrected chi connectivity index (χ3v) is 8.71. The molecule has 1 aromatic rings. The van der Waals surface area contributed by atoms with Crippen LogP contribution in [0.25, 0.3) is 0 Å². The quantitative estimate of drug-likeness (QED) is 0.636. The molecule has 0 radical (unpaired) electrons. The van der Waals surface area contributed by atoms with Gasteiger partial charge in [-0.25, -0.2) is 9.97 Å². The molecular weight excluding hydrogens is 408 g/mol. The van der Waals surface area contributed by atoms with Crippen LogP contribution in [0.2, 0.25) is 0 Å². The Morgan fingerprint density at radius 3 is 2.69 bits per heavy atom. The second kappa shape index (κ2) is 7.92. The Morgan fingerprint density at radius 2 is 2.03 bits per heavy atom. The van der Waals surface area contributed by atoms with Crippen LogP contribution in [-0.4, -0.2) is 70.1 Å². The molecule has 3 atom stereocenters. The van der Waals surface area contributed by atoms with Crippen molar-refractivity contribution in [1.82, 2.24) is 15.3 Å². The van der Waals surface area contributed by atoms with Gasteiger partial charge in [0, 0.05) is 31.2 Å². The number of carbonyl (C=O) groups is 1. The highest BCUT2D eigenvalue weighted by Gasteiger charge is 2.55. The molecule has 2 heterocycles. The Hall–Kier alpha value is -1.77. The van der Waals surface area contributed by atoms with E-state index in [0.29, 0.717) is 54.9 Å². The SMILES string of the molecule is O=C(NC1C2CC3CC1CC(O)(C3)C2)c1cnc(N2CCOC(CO)C2)nc1C1CCC1. The number of aliphatic hydroxyl groups is 2. The fraction of sp³-hybridized carbons (Fsp3) is 0.792. The summed E-state index contributed by atoms with van der Waals surface area (Å²) in [7, 11) is 0. The van der Waals surface area contributed by atoms with Gasteiger partial charge in [-0.05, 0) is 62.7 Å². The third-order valence-electron chi connectivity index (χ3n) is 8.71. The van der Waals surface area contributed by atoms with Crippen LogP contribution in [0, 0.1) is 17.8 Å². The Kier molecular flexibility index (Phi) is 5.15. The van der Waals surface area contributed by atoms with E-state index in [9.17, 15) is 15.0 Å². The Balaban J connectivity index is 1.23. The minimum Gasteiger partial charge on any atom is -0.394 e. The smallest absolute Gasteiger partial charge is 0.254 e. The van der Waals surface area contributed by atoms with Gasteiger partial charge in [-0.2, -0.15) is 0 Å². The molecule has 1 saturated heterocycles. The van der Waals surface area contributed by atoms with Crippen molar-refractivity contribution in [2.75, 3.05) is 31.2 Å². The number of rotatable bonds is 5. The molecule has 5 saturated carbocycles. The summed E-state index contributed by atoms with van der Waals surface area (Å²) >= 11 is 0. The van der Waals surface area contributed by atoms with Crippen molar-refractivity contribution in [3.05, 3.63) is 17.5 Å². The monoisotopic (exact) mass is 442 g/mol. The van der Waals surface area contributed by atoms with Gasteiger partial charge >= 0.3 is 0 Å². The summed E-state index contributed by atoms with van der Waals surface area (Å²) in [6, 6.07) is 0.151. The van der Waals surface area contributed by atoms with Crippen LogP contribution in [0.1, 0.15) is 73.3 Å². The summed E-state index contributed by atoms with van der Waals surface area (Å²) in [5.41, 5.74) is 0.982. The average Bonchev–Trinajstić information content (AvgIpc) is 2.74. The Bertz CT molecular complexity index is 875. The number of carbonyl (C=O) groups excluding carboxylic acids is 1. The number of aliphatic hydroxyl groups excluding tert-OH is 1. The van der Waals surface area contributed by atoms with Gasteiger partial charge in [-0.1, -0.05) is 6.42 Å². The second-order valence-electron chi connectivity index (χ2n) is 10.9. The lowest BCUT2D eigenvalue weighted by atomic mass is 9.52. The summed E-state index contributed by atoms with van der Waals surface area (Å²) in [5.74, 6) is 2.26. The molecule has 8 heteroatoms. The number of amides is 1. The highest BCUT2D eigenvalue weighted by molar-refractivity contribution is 5.95. The van der Waals surface area contributed by atoms with Crippen molar-refractivity contribution in [2.45, 2.75) is 75.0 Å². The number of anilines is 1. The van der Waals surface area contributed by atoms with Crippen molar-refractivity contribution in [2.24, 2.45) is 17.8 Å². The van der Waals surface area contributed by atoms with Crippen LogP contribution in [0.3, 0.4) is 0 Å². The van der Waals surface area contributed by atoms with Crippen LogP contribution in [0.4, 0.5) is 5.95 Å². The van der Waals surface area contributed by atoms with Gasteiger partial charge in [0.1, 0.15) is 0 Å². The van der Waals surface area contributed by atoms with Crippen LogP contribution < -0.4 is 10.2 Å². The summed E-state index contributed by atoms with van der Waals surface area (Å²) in [5, 5.41) is 23.7. The highest BCUT2D eigenvalue weighted by atomic mass is 16.5. The van der Waals surface area contributed by atoms with Crippen molar-refractivity contribution in [3.8, 4) is 0 Å². The van der Waals surface area contributed by atoms with Crippen molar-refractivity contribution < 1.29 is 19.7 Å². The van der Waals surface area contributed by atoms with E-state index in [1.807, 2.05) is 4.90 Å². The first-order chi connectivity index (χ1) is 15.5. The lowest BCUT2D eigenvalue weighted by molar-refractivity contribution is -0.136. The van der Waals surface area contributed by atoms with Crippen molar-refractivity contribution in [1.29, 1.82) is 0 Å². The lowest BCUT2D eigenvalue weighted by Crippen LogP contribution is -2.61. The molecule has 3 N–H and O–H groups in total. The molecule has 6 aliphatic rings. The molecular formula is C24H34N4O4. The zero-order chi connectivity index (χ0) is 21.9. The highest BCUT2D eigenvalue weighted by Crippen LogP contribution is 2.55. The van der Waals surface area contributed by atoms with Gasteiger partial charge in [0.05, 0.1) is 36.2 Å². The maximum Gasteiger partial charge on any atom is 0.254 e. The van der Waals surface area contributed by atoms with Crippen LogP contribution in [0.5, 0.6) is 0 Å². The zero-order valence-electron chi connectivity index (χ0n) is 18.6. The van der Waals surface area contributed by atoms with Crippen molar-refractivity contribution >= 4 is 11.9 Å². The van der Waals surface area contributed by atoms with Gasteiger partial charge in [-0.3, -0.25) is 4.79 Å². The predicted octanol–water partition coefficient (Wildman–Crippen LogP) is 1.61. The standard InChI is InChI=1S/C24H34N4O4/c29-13-18-12-28(4-5-32-18)23-25-11-19(21(27-23)15-2-1-3-15)22(30)26-20-16-6-14-7-17(20)10-24(31,8-14)9-16/h11,14-18,20,29,31H,1-10,12-13H2,(H,26,30). The van der Waals surface area contributed by atoms with Gasteiger partial charge in [-0.15, -0.1) is 0 Å². The molecule has 5 aliphatic carbocycles. The number of morpholine rings is 1. The number of nitrogens with one attached hydrogen (secondary N) is 1. The summed E-state index contributed by atoms with van der Waals surface area (Å²) < 4.78 is 5.56. The fourth-order valence-corrected chi connectivity index (χ4v) is 7.16. The Morgan fingerprint density at radius 1 is 1.25 bits per heavy atom. The summed E-state index contributed by atoms with van der Waals surface area (Å²) in [6.07, 6.45) is 9.59. The molecule has 174 valence electrons. The summed E-state index contributed by atoms with van der Waals surface area (Å²) in [4.78, 5) is 24.9. The van der Waals surface area contributed by atoms with E-state index < -0.39 is 5.60 Å². The number of hydrogen-bond acceptors (Lipinski definition) is 7. The van der Waals surface area contributed by atoms with Crippen LogP contribution >= 0.6 is 0 Å². The van der Waals surface area contributed by atoms with Gasteiger partial charge < -0.3 is 25.2 Å². The first kappa shape index (κ1) is 20.8. The van der Waals surface area contributed by atoms with Gasteiger partial charge in [0.15, 0.2) is 0 Å². The average molecular weight is 443 g/mol. The number of aromatic nitrogens is 2. The molecule has 0 aromatic carbocycles. The van der Waals surface area contributed by atoms with Crippen molar-refractivity contribution in [3.63, 3.8) is 0 Å². The minimum absolute atomic E-state index is 0.0217. The molecule has 3 unspecified atom stereocenters. The van der Waals surface area contributed by atoms with E-state index in [1.54, 1.807) is 6.20 Å². The van der Waals surface area contributed by atoms with Gasteiger partial charge in [0.2, 0.25) is 5.95 Å². The summed E-state index contributed by atoms with van der Waals surface area (Å²) in [6.45, 7) is 1.75. The third kappa shape index (κ3) is 3.60. The second-order valence-corrected chi connectivity index (χ2v) is 10.9. The van der Waals surface area contributed by atoms with E-state index in [0.717, 1.165) is 50.6 Å². The molecule has 32 heavy (non-hydrogen) atoms. The van der Waals surface area contributed by atoms with E-state index in [-0.39, 0.29) is 24.7 Å². The van der Waals surface area contributed by atoms with E-state index >= 15 is 0 Å². The zero-order valence-corrected chi connectivity index (χ0v) is 18.6. The van der Waals surface area contributed by atoms with Crippen LogP contribution in [0.15, 0.2) is 6.20 Å². The number of nitrogens with zero attached hydrogens (tertiary/aromatic N) is 3.